The van der Waals surface area contributed by atoms with Crippen molar-refractivity contribution >= 4 is 41.3 Å². The van der Waals surface area contributed by atoms with Gasteiger partial charge in [0.05, 0.1) is 17.8 Å². The molecule has 1 aliphatic rings. The van der Waals surface area contributed by atoms with Gasteiger partial charge < -0.3 is 29.3 Å². The summed E-state index contributed by atoms with van der Waals surface area (Å²) in [6.45, 7) is 18.6. The maximum atomic E-state index is 13.8. The number of carbonyl (C=O) groups excluding carboxylic acids is 1. The van der Waals surface area contributed by atoms with Gasteiger partial charge in [-0.1, -0.05) is 32.6 Å². The Kier molecular flexibility index (Phi) is 16.6. The number of aromatic nitrogens is 2. The molecule has 1 aliphatic heterocycles. The van der Waals surface area contributed by atoms with Gasteiger partial charge in [0.25, 0.3) is 5.91 Å². The van der Waals surface area contributed by atoms with Crippen LogP contribution in [-0.2, 0) is 14.3 Å². The van der Waals surface area contributed by atoms with E-state index in [1.165, 1.54) is 11.9 Å². The van der Waals surface area contributed by atoms with Crippen molar-refractivity contribution in [3.05, 3.63) is 91.1 Å². The van der Waals surface area contributed by atoms with Gasteiger partial charge >= 0.3 is 0 Å². The Morgan fingerprint density at radius 3 is 2.47 bits per heavy atom. The number of nitrogens with one attached hydrogen (secondary N) is 2. The number of aromatic amines is 1. The highest BCUT2D eigenvalue weighted by Gasteiger charge is 2.35. The quantitative estimate of drug-likeness (QED) is 0.0575. The third-order valence-corrected chi connectivity index (χ3v) is 9.17. The summed E-state index contributed by atoms with van der Waals surface area (Å²) in [4.78, 5) is 33.4. The fraction of sp³-hybridized carbons (Fsp3) is 0.405. The summed E-state index contributed by atoms with van der Waals surface area (Å²) in [5, 5.41) is 11.7. The molecule has 1 aromatic heterocycles. The average Bonchev–Trinajstić information content (AvgIpc) is 3.62. The van der Waals surface area contributed by atoms with Gasteiger partial charge in [0.15, 0.2) is 11.4 Å². The normalized spacial score (nSPS) is 15.7. The van der Waals surface area contributed by atoms with E-state index in [9.17, 15) is 4.79 Å². The summed E-state index contributed by atoms with van der Waals surface area (Å²) in [6.07, 6.45) is 13.0. The van der Waals surface area contributed by atoms with E-state index < -0.39 is 5.60 Å². The summed E-state index contributed by atoms with van der Waals surface area (Å²) in [5.74, 6) is 1.91. The summed E-state index contributed by atoms with van der Waals surface area (Å²) < 4.78 is 16.7. The van der Waals surface area contributed by atoms with Crippen LogP contribution in [0.4, 0.5) is 5.69 Å². The van der Waals surface area contributed by atoms with Crippen molar-refractivity contribution in [3.8, 4) is 17.0 Å². The Morgan fingerprint density at radius 2 is 1.82 bits per heavy atom. The van der Waals surface area contributed by atoms with Gasteiger partial charge in [-0.2, -0.15) is 5.10 Å². The van der Waals surface area contributed by atoms with Crippen molar-refractivity contribution in [1.29, 1.82) is 0 Å². The largest absolute Gasteiger partial charge is 0.491 e. The van der Waals surface area contributed by atoms with Crippen molar-refractivity contribution in [2.75, 3.05) is 79.1 Å². The molecule has 1 atom stereocenters. The number of hydrogen-bond donors (Lipinski definition) is 2. The fourth-order valence-corrected chi connectivity index (χ4v) is 6.22. The molecule has 294 valence electrons. The molecule has 1 fully saturated rings. The molecule has 1 amide bonds. The number of ether oxygens (including phenoxy) is 3. The van der Waals surface area contributed by atoms with E-state index in [2.05, 4.69) is 73.4 Å². The third kappa shape index (κ3) is 12.1. The molecular weight excluding hydrogens is 695 g/mol. The summed E-state index contributed by atoms with van der Waals surface area (Å²) in [6, 6.07) is 13.5. The van der Waals surface area contributed by atoms with Crippen LogP contribution in [0.25, 0.3) is 22.2 Å². The Labute approximate surface area is 325 Å². The number of rotatable bonds is 20. The summed E-state index contributed by atoms with van der Waals surface area (Å²) in [5.41, 5.74) is 3.35. The van der Waals surface area contributed by atoms with Crippen LogP contribution < -0.4 is 10.1 Å². The lowest BCUT2D eigenvalue weighted by atomic mass is 10.0. The Hall–Kier alpha value is -5.37. The highest BCUT2D eigenvalue weighted by atomic mass is 16.5. The zero-order valence-corrected chi connectivity index (χ0v) is 33.3. The number of piperazine rings is 1. The second kappa shape index (κ2) is 21.5. The van der Waals surface area contributed by atoms with Crippen LogP contribution in [0.15, 0.2) is 106 Å². The maximum absolute atomic E-state index is 13.8. The number of anilines is 1. The number of nitrogens with zero attached hydrogens (tertiary/aromatic N) is 7. The SMILES string of the molecule is C=CN=C(/C=C/C=C(\N=C/CC)N1CCN(/C(=C/CC)CN(C)C[C@](C)(OC)C(=O)Nc2ccc3[nH]nc(-c4ccc(OCCOC)cc4)c3c2)CC1)N=C. The molecule has 0 bridgehead atoms. The van der Waals surface area contributed by atoms with Gasteiger partial charge in [0.1, 0.15) is 18.2 Å². The number of hydrogen-bond acceptors (Lipinski definition) is 10. The number of amides is 1. The van der Waals surface area contributed by atoms with Crippen molar-refractivity contribution in [1.82, 2.24) is 24.9 Å². The topological polar surface area (TPSA) is 132 Å². The van der Waals surface area contributed by atoms with E-state index in [0.717, 1.165) is 72.8 Å². The smallest absolute Gasteiger partial charge is 0.257 e. The lowest BCUT2D eigenvalue weighted by Gasteiger charge is -2.40. The first-order valence-corrected chi connectivity index (χ1v) is 18.7. The number of methoxy groups -OCH3 is 2. The molecule has 0 radical (unpaired) electrons. The first kappa shape index (κ1) is 42.4. The molecule has 55 heavy (non-hydrogen) atoms. The van der Waals surface area contributed by atoms with Gasteiger partial charge in [-0.15, -0.1) is 0 Å². The highest BCUT2D eigenvalue weighted by molar-refractivity contribution is 6.01. The van der Waals surface area contributed by atoms with E-state index in [1.54, 1.807) is 20.3 Å². The van der Waals surface area contributed by atoms with Crippen LogP contribution in [0.1, 0.15) is 33.6 Å². The monoisotopic (exact) mass is 751 g/mol. The van der Waals surface area contributed by atoms with Crippen LogP contribution in [0, 0.1) is 0 Å². The summed E-state index contributed by atoms with van der Waals surface area (Å²) >= 11 is 0. The summed E-state index contributed by atoms with van der Waals surface area (Å²) in [7, 11) is 5.25. The van der Waals surface area contributed by atoms with Crippen LogP contribution in [0.3, 0.4) is 0 Å². The Balaban J connectivity index is 1.39. The van der Waals surface area contributed by atoms with E-state index in [-0.39, 0.29) is 5.91 Å². The van der Waals surface area contributed by atoms with Crippen molar-refractivity contribution in [2.24, 2.45) is 15.0 Å². The standard InChI is InChI=1S/C42H57N9O4/c1-9-13-34(50-23-25-51(26-24-50)39(45-22-10-2)15-12-14-38(43-5)44-11-3)30-49(6)31-42(4,54-8)41(52)46-33-18-21-37-36(29-33)40(48-47-37)32-16-19-35(20-17-32)55-28-27-53-7/h11-22,29H,3,5,9-10,23-28,30-31H2,1-2,4,6-8H3,(H,46,52)(H,47,48)/b14-12+,34-13+,39-15+,44-38?,45-22-/t42-/m0/s1. The van der Waals surface area contributed by atoms with Crippen LogP contribution in [0.2, 0.25) is 0 Å². The predicted molar refractivity (Wildman–Crippen MR) is 225 cm³/mol. The van der Waals surface area contributed by atoms with Crippen molar-refractivity contribution < 1.29 is 19.0 Å². The fourth-order valence-electron chi connectivity index (χ4n) is 6.22. The molecule has 2 heterocycles. The van der Waals surface area contributed by atoms with Gasteiger partial charge in [-0.05, 0) is 88.1 Å². The lowest BCUT2D eigenvalue weighted by Crippen LogP contribution is -2.51. The van der Waals surface area contributed by atoms with Crippen molar-refractivity contribution in [3.63, 3.8) is 0 Å². The van der Waals surface area contributed by atoms with Crippen LogP contribution in [-0.4, -0.2) is 129 Å². The molecule has 3 aromatic rings. The van der Waals surface area contributed by atoms with E-state index in [1.807, 2.05) is 74.8 Å². The molecule has 0 unspecified atom stereocenters. The molecular formula is C42H57N9O4. The molecule has 13 heteroatoms. The number of carbonyl (C=O) groups is 1. The van der Waals surface area contributed by atoms with Gasteiger partial charge in [-0.25, -0.2) is 15.0 Å². The number of aliphatic imine (C=N–C) groups is 3. The number of allylic oxidation sites excluding steroid dienone is 3. The van der Waals surface area contributed by atoms with Crippen LogP contribution >= 0.6 is 0 Å². The lowest BCUT2D eigenvalue weighted by molar-refractivity contribution is -0.137. The van der Waals surface area contributed by atoms with Crippen molar-refractivity contribution in [2.45, 2.75) is 39.2 Å². The van der Waals surface area contributed by atoms with E-state index in [0.29, 0.717) is 37.8 Å². The second-order valence-electron chi connectivity index (χ2n) is 13.3. The molecule has 0 spiro atoms. The maximum Gasteiger partial charge on any atom is 0.257 e. The Bertz CT molecular complexity index is 1870. The highest BCUT2D eigenvalue weighted by Crippen LogP contribution is 2.30. The number of benzene rings is 2. The first-order chi connectivity index (χ1) is 26.7. The average molecular weight is 752 g/mol. The minimum absolute atomic E-state index is 0.230. The van der Waals surface area contributed by atoms with E-state index >= 15 is 0 Å². The first-order valence-electron chi connectivity index (χ1n) is 18.7. The molecule has 0 aliphatic carbocycles. The second-order valence-corrected chi connectivity index (χ2v) is 13.3. The molecule has 13 nitrogen and oxygen atoms in total. The van der Waals surface area contributed by atoms with E-state index in [4.69, 9.17) is 19.2 Å². The number of amidine groups is 1. The number of likely N-dealkylation sites (N-methyl/N-ethyl adjacent to an activating group) is 1. The molecule has 0 saturated carbocycles. The zero-order chi connectivity index (χ0) is 39.6. The third-order valence-electron chi connectivity index (χ3n) is 9.17. The number of fused-ring (bicyclic) bond motifs is 1. The van der Waals surface area contributed by atoms with Gasteiger partial charge in [0, 0.05) is 88.2 Å². The van der Waals surface area contributed by atoms with Crippen LogP contribution in [0.5, 0.6) is 5.75 Å². The zero-order valence-electron chi connectivity index (χ0n) is 33.3. The molecule has 4 rings (SSSR count). The molecule has 2 N–H and O–H groups in total. The number of H-pyrrole nitrogens is 1. The molecule has 1 saturated heterocycles. The van der Waals surface area contributed by atoms with Gasteiger partial charge in [0.2, 0.25) is 0 Å². The minimum Gasteiger partial charge on any atom is -0.491 e. The Morgan fingerprint density at radius 1 is 1.07 bits per heavy atom. The predicted octanol–water partition coefficient (Wildman–Crippen LogP) is 6.56. The minimum atomic E-state index is -1.11. The molecule has 2 aromatic carbocycles. The van der Waals surface area contributed by atoms with Gasteiger partial charge in [-0.3, -0.25) is 14.8 Å².